The molecule has 0 atom stereocenters. The van der Waals surface area contributed by atoms with Gasteiger partial charge in [0.2, 0.25) is 5.88 Å². The van der Waals surface area contributed by atoms with Crippen LogP contribution < -0.4 is 4.74 Å². The summed E-state index contributed by atoms with van der Waals surface area (Å²) in [5, 5.41) is 0.435. The van der Waals surface area contributed by atoms with E-state index in [4.69, 9.17) is 21.1 Å². The second-order valence-corrected chi connectivity index (χ2v) is 4.49. The quantitative estimate of drug-likeness (QED) is 0.788. The first-order valence-corrected chi connectivity index (χ1v) is 6.30. The Morgan fingerprint density at radius 3 is 3.00 bits per heavy atom. The smallest absolute Gasteiger partial charge is 0.213 e. The van der Waals surface area contributed by atoms with Crippen LogP contribution in [0.2, 0.25) is 5.15 Å². The molecule has 0 saturated heterocycles. The van der Waals surface area contributed by atoms with E-state index in [-0.39, 0.29) is 0 Å². The molecule has 2 aromatic rings. The zero-order valence-electron chi connectivity index (χ0n) is 10.4. The van der Waals surface area contributed by atoms with Crippen LogP contribution in [0.1, 0.15) is 11.3 Å². The molecule has 0 N–H and O–H groups in total. The predicted molar refractivity (Wildman–Crippen MR) is 70.2 cm³/mol. The fraction of sp³-hybridized carbons (Fsp3) is 0.308. The van der Waals surface area contributed by atoms with Crippen molar-refractivity contribution in [3.8, 4) is 17.4 Å². The molecular weight excluding hydrogens is 266 g/mol. The molecular formula is C13H12ClN3O2. The minimum Gasteiger partial charge on any atom is -0.481 e. The molecule has 6 heteroatoms. The third-order valence-corrected chi connectivity index (χ3v) is 3.25. The number of hydrogen-bond acceptors (Lipinski definition) is 5. The fourth-order valence-electron chi connectivity index (χ4n) is 1.96. The van der Waals surface area contributed by atoms with Crippen molar-refractivity contribution in [1.29, 1.82) is 0 Å². The lowest BCUT2D eigenvalue weighted by Crippen LogP contribution is -2.14. The first-order valence-electron chi connectivity index (χ1n) is 5.92. The Hall–Kier alpha value is -1.72. The first-order chi connectivity index (χ1) is 9.28. The summed E-state index contributed by atoms with van der Waals surface area (Å²) in [7, 11) is 1.57. The molecule has 0 aromatic carbocycles. The summed E-state index contributed by atoms with van der Waals surface area (Å²) in [6.45, 7) is 1.13. The third kappa shape index (κ3) is 2.39. The first kappa shape index (κ1) is 12.3. The number of nitrogens with zero attached hydrogens (tertiary/aromatic N) is 3. The average molecular weight is 278 g/mol. The molecule has 2 aromatic heterocycles. The van der Waals surface area contributed by atoms with Gasteiger partial charge < -0.3 is 9.47 Å². The number of methoxy groups -OCH3 is 1. The molecule has 1 aliphatic rings. The van der Waals surface area contributed by atoms with Crippen molar-refractivity contribution >= 4 is 11.6 Å². The van der Waals surface area contributed by atoms with Crippen molar-refractivity contribution in [3.63, 3.8) is 0 Å². The molecule has 0 aliphatic carbocycles. The van der Waals surface area contributed by atoms with Gasteiger partial charge in [-0.15, -0.1) is 0 Å². The highest BCUT2D eigenvalue weighted by Gasteiger charge is 2.18. The molecule has 3 rings (SSSR count). The topological polar surface area (TPSA) is 57.1 Å². The Balaban J connectivity index is 2.07. The molecule has 0 saturated carbocycles. The van der Waals surface area contributed by atoms with E-state index in [2.05, 4.69) is 15.0 Å². The van der Waals surface area contributed by atoms with Crippen LogP contribution in [0.3, 0.4) is 0 Å². The molecule has 98 valence electrons. The Labute approximate surface area is 115 Å². The molecule has 3 heterocycles. The van der Waals surface area contributed by atoms with E-state index in [0.29, 0.717) is 35.8 Å². The van der Waals surface area contributed by atoms with E-state index in [1.54, 1.807) is 13.2 Å². The number of halogens is 1. The van der Waals surface area contributed by atoms with Gasteiger partial charge in [-0.2, -0.15) is 0 Å². The summed E-state index contributed by atoms with van der Waals surface area (Å²) < 4.78 is 10.5. The maximum Gasteiger partial charge on any atom is 0.213 e. The van der Waals surface area contributed by atoms with E-state index >= 15 is 0 Å². The van der Waals surface area contributed by atoms with Gasteiger partial charge in [-0.05, 0) is 6.07 Å². The average Bonchev–Trinajstić information content (AvgIpc) is 2.47. The lowest BCUT2D eigenvalue weighted by Gasteiger charge is -2.17. The molecule has 19 heavy (non-hydrogen) atoms. The van der Waals surface area contributed by atoms with Gasteiger partial charge in [-0.3, -0.25) is 0 Å². The highest BCUT2D eigenvalue weighted by atomic mass is 35.5. The van der Waals surface area contributed by atoms with Gasteiger partial charge in [-0.1, -0.05) is 17.7 Å². The lowest BCUT2D eigenvalue weighted by atomic mass is 10.1. The standard InChI is InChI=1S/C13H12ClN3O2/c1-18-11-4-2-3-10(15-11)13-16-9-5-6-19-7-8(9)12(14)17-13/h2-4H,5-7H2,1H3. The Kier molecular flexibility index (Phi) is 3.31. The number of ether oxygens (including phenoxy) is 2. The second-order valence-electron chi connectivity index (χ2n) is 4.13. The third-order valence-electron chi connectivity index (χ3n) is 2.93. The van der Waals surface area contributed by atoms with E-state index in [9.17, 15) is 0 Å². The van der Waals surface area contributed by atoms with Crippen LogP contribution in [-0.4, -0.2) is 28.7 Å². The van der Waals surface area contributed by atoms with Crippen LogP contribution in [0.15, 0.2) is 18.2 Å². The molecule has 0 radical (unpaired) electrons. The maximum absolute atomic E-state index is 6.18. The molecule has 0 amide bonds. The molecule has 0 fully saturated rings. The van der Waals surface area contributed by atoms with Crippen molar-refractivity contribution in [1.82, 2.24) is 15.0 Å². The Morgan fingerprint density at radius 1 is 1.26 bits per heavy atom. The van der Waals surface area contributed by atoms with Gasteiger partial charge in [0.05, 0.1) is 26.0 Å². The largest absolute Gasteiger partial charge is 0.481 e. The second kappa shape index (κ2) is 5.11. The van der Waals surface area contributed by atoms with E-state index < -0.39 is 0 Å². The highest BCUT2D eigenvalue weighted by Crippen LogP contribution is 2.25. The van der Waals surface area contributed by atoms with Gasteiger partial charge in [-0.25, -0.2) is 15.0 Å². The minimum atomic E-state index is 0.435. The van der Waals surface area contributed by atoms with Crippen molar-refractivity contribution in [2.75, 3.05) is 13.7 Å². The van der Waals surface area contributed by atoms with Crippen molar-refractivity contribution < 1.29 is 9.47 Å². The van der Waals surface area contributed by atoms with Crippen molar-refractivity contribution in [2.45, 2.75) is 13.0 Å². The predicted octanol–water partition coefficient (Wildman–Crippen LogP) is 2.27. The van der Waals surface area contributed by atoms with Gasteiger partial charge in [0, 0.05) is 18.1 Å². The monoisotopic (exact) mass is 277 g/mol. The molecule has 5 nitrogen and oxygen atoms in total. The summed E-state index contributed by atoms with van der Waals surface area (Å²) >= 11 is 6.18. The summed E-state index contributed by atoms with van der Waals surface area (Å²) in [5.41, 5.74) is 2.46. The van der Waals surface area contributed by atoms with Crippen LogP contribution >= 0.6 is 11.6 Å². The molecule has 0 unspecified atom stereocenters. The van der Waals surface area contributed by atoms with Crippen LogP contribution in [0.25, 0.3) is 11.5 Å². The highest BCUT2D eigenvalue weighted by molar-refractivity contribution is 6.30. The number of aromatic nitrogens is 3. The summed E-state index contributed by atoms with van der Waals surface area (Å²) in [5.74, 6) is 1.04. The van der Waals surface area contributed by atoms with Gasteiger partial charge in [0.15, 0.2) is 5.82 Å². The summed E-state index contributed by atoms with van der Waals surface area (Å²) in [6, 6.07) is 5.46. The maximum atomic E-state index is 6.18. The SMILES string of the molecule is COc1cccc(-c2nc(Cl)c3c(n2)CCOC3)n1. The lowest BCUT2D eigenvalue weighted by molar-refractivity contribution is 0.109. The minimum absolute atomic E-state index is 0.435. The fourth-order valence-corrected chi connectivity index (χ4v) is 2.20. The number of rotatable bonds is 2. The van der Waals surface area contributed by atoms with E-state index in [1.807, 2.05) is 12.1 Å². The van der Waals surface area contributed by atoms with Crippen LogP contribution in [-0.2, 0) is 17.8 Å². The van der Waals surface area contributed by atoms with Crippen LogP contribution in [0.4, 0.5) is 0 Å². The normalized spacial score (nSPS) is 14.0. The van der Waals surface area contributed by atoms with E-state index in [1.165, 1.54) is 0 Å². The van der Waals surface area contributed by atoms with Crippen LogP contribution in [0.5, 0.6) is 5.88 Å². The van der Waals surface area contributed by atoms with Crippen LogP contribution in [0, 0.1) is 0 Å². The summed E-state index contributed by atoms with van der Waals surface area (Å²) in [6.07, 6.45) is 0.745. The Morgan fingerprint density at radius 2 is 2.16 bits per heavy atom. The number of fused-ring (bicyclic) bond motifs is 1. The molecule has 1 aliphatic heterocycles. The Bertz CT molecular complexity index is 619. The molecule has 0 spiro atoms. The van der Waals surface area contributed by atoms with Crippen molar-refractivity contribution in [3.05, 3.63) is 34.6 Å². The number of pyridine rings is 1. The molecule has 0 bridgehead atoms. The summed E-state index contributed by atoms with van der Waals surface area (Å²) in [4.78, 5) is 13.1. The van der Waals surface area contributed by atoms with Crippen molar-refractivity contribution in [2.24, 2.45) is 0 Å². The number of hydrogen-bond donors (Lipinski definition) is 0. The zero-order valence-corrected chi connectivity index (χ0v) is 11.1. The van der Waals surface area contributed by atoms with E-state index in [0.717, 1.165) is 17.7 Å². The van der Waals surface area contributed by atoms with Gasteiger partial charge >= 0.3 is 0 Å². The zero-order chi connectivity index (χ0) is 13.2. The van der Waals surface area contributed by atoms with Gasteiger partial charge in [0.25, 0.3) is 0 Å². The van der Waals surface area contributed by atoms with Gasteiger partial charge in [0.1, 0.15) is 10.8 Å².